The van der Waals surface area contributed by atoms with Crippen LogP contribution in [0.15, 0.2) is 6.20 Å². The molecule has 132 valence electrons. The van der Waals surface area contributed by atoms with Gasteiger partial charge in [-0.15, -0.1) is 0 Å². The van der Waals surface area contributed by atoms with Gasteiger partial charge in [-0.3, -0.25) is 4.68 Å². The molecule has 1 aromatic heterocycles. The van der Waals surface area contributed by atoms with Gasteiger partial charge in [0.05, 0.1) is 9.77 Å². The molecular formula is C18H26IN3O2. The van der Waals surface area contributed by atoms with Gasteiger partial charge in [0.15, 0.2) is 0 Å². The van der Waals surface area contributed by atoms with Crippen LogP contribution in [0, 0.1) is 26.7 Å². The number of nitrogens with zero attached hydrogens (tertiary/aromatic N) is 2. The highest BCUT2D eigenvalue weighted by Gasteiger charge is 2.66. The van der Waals surface area contributed by atoms with E-state index >= 15 is 0 Å². The summed E-state index contributed by atoms with van der Waals surface area (Å²) >= 11 is 2.34. The van der Waals surface area contributed by atoms with Gasteiger partial charge in [0.1, 0.15) is 0 Å². The first-order valence-corrected chi connectivity index (χ1v) is 9.83. The number of hydrogen-bond acceptors (Lipinski definition) is 2. The number of carboxylic acid groups (broad SMARTS) is 1. The van der Waals surface area contributed by atoms with Gasteiger partial charge in [0.25, 0.3) is 0 Å². The summed E-state index contributed by atoms with van der Waals surface area (Å²) in [5, 5.41) is 17.0. The summed E-state index contributed by atoms with van der Waals surface area (Å²) in [4.78, 5) is 11.5. The summed E-state index contributed by atoms with van der Waals surface area (Å²) in [6.45, 7) is 7.78. The van der Waals surface area contributed by atoms with Crippen molar-refractivity contribution in [2.45, 2.75) is 71.4 Å². The average molecular weight is 443 g/mol. The normalized spacial score (nSPS) is 43.2. The lowest BCUT2D eigenvalue weighted by Gasteiger charge is -2.69. The maximum absolute atomic E-state index is 11.5. The van der Waals surface area contributed by atoms with Crippen LogP contribution in [0.25, 0.3) is 0 Å². The number of carbonyl (C=O) groups is 1. The molecule has 1 heterocycles. The zero-order valence-electron chi connectivity index (χ0n) is 14.7. The first kappa shape index (κ1) is 16.7. The van der Waals surface area contributed by atoms with Crippen LogP contribution in [0.2, 0.25) is 0 Å². The van der Waals surface area contributed by atoms with E-state index < -0.39 is 6.09 Å². The summed E-state index contributed by atoms with van der Waals surface area (Å²) in [6.07, 6.45) is 7.59. The minimum absolute atomic E-state index is 0.153. The molecule has 0 saturated heterocycles. The van der Waals surface area contributed by atoms with Crippen LogP contribution in [0.4, 0.5) is 4.79 Å². The number of nitrogens with one attached hydrogen (secondary N) is 1. The Morgan fingerprint density at radius 1 is 1.25 bits per heavy atom. The van der Waals surface area contributed by atoms with Gasteiger partial charge in [-0.05, 0) is 84.3 Å². The molecule has 4 bridgehead atoms. The van der Waals surface area contributed by atoms with Crippen molar-refractivity contribution in [2.24, 2.45) is 16.2 Å². The topological polar surface area (TPSA) is 67.2 Å². The lowest BCUT2D eigenvalue weighted by atomic mass is 9.38. The molecule has 2 N–H and O–H groups in total. The highest BCUT2D eigenvalue weighted by Crippen LogP contribution is 2.71. The first-order valence-electron chi connectivity index (χ1n) is 8.75. The van der Waals surface area contributed by atoms with E-state index in [1.807, 2.05) is 6.20 Å². The number of amides is 1. The third-order valence-corrected chi connectivity index (χ3v) is 7.66. The highest BCUT2D eigenvalue weighted by atomic mass is 127. The Hall–Kier alpha value is -0.790. The van der Waals surface area contributed by atoms with Crippen LogP contribution < -0.4 is 5.32 Å². The van der Waals surface area contributed by atoms with E-state index in [-0.39, 0.29) is 21.8 Å². The SMILES string of the molecule is Cc1c(I)cnn1CC12CC3(C)CC(C)(C1)CC(NC(=O)O)(C3)C2. The molecule has 0 aromatic carbocycles. The van der Waals surface area contributed by atoms with Gasteiger partial charge in [0.2, 0.25) is 0 Å². The third kappa shape index (κ3) is 2.56. The van der Waals surface area contributed by atoms with Gasteiger partial charge >= 0.3 is 6.09 Å². The maximum atomic E-state index is 11.5. The summed E-state index contributed by atoms with van der Waals surface area (Å²) < 4.78 is 3.35. The molecule has 5 nitrogen and oxygen atoms in total. The molecule has 5 rings (SSSR count). The molecule has 6 heteroatoms. The van der Waals surface area contributed by atoms with Crippen LogP contribution in [0.3, 0.4) is 0 Å². The summed E-state index contributed by atoms with van der Waals surface area (Å²) in [7, 11) is 0. The van der Waals surface area contributed by atoms with Crippen molar-refractivity contribution in [1.82, 2.24) is 15.1 Å². The lowest BCUT2D eigenvalue weighted by Crippen LogP contribution is -2.68. The Morgan fingerprint density at radius 2 is 1.88 bits per heavy atom. The Kier molecular flexibility index (Phi) is 3.39. The van der Waals surface area contributed by atoms with Crippen molar-refractivity contribution < 1.29 is 9.90 Å². The second kappa shape index (κ2) is 4.89. The van der Waals surface area contributed by atoms with E-state index in [0.29, 0.717) is 0 Å². The van der Waals surface area contributed by atoms with Crippen molar-refractivity contribution in [3.63, 3.8) is 0 Å². The zero-order valence-corrected chi connectivity index (χ0v) is 16.8. The molecule has 4 saturated carbocycles. The predicted octanol–water partition coefficient (Wildman–Crippen LogP) is 4.18. The molecule has 0 radical (unpaired) electrons. The van der Waals surface area contributed by atoms with Gasteiger partial charge in [-0.25, -0.2) is 4.79 Å². The molecule has 4 aliphatic carbocycles. The van der Waals surface area contributed by atoms with Crippen molar-refractivity contribution in [1.29, 1.82) is 0 Å². The van der Waals surface area contributed by atoms with Crippen molar-refractivity contribution in [3.05, 3.63) is 15.5 Å². The van der Waals surface area contributed by atoms with E-state index in [1.54, 1.807) is 0 Å². The molecule has 0 aliphatic heterocycles. The highest BCUT2D eigenvalue weighted by molar-refractivity contribution is 14.1. The Balaban J connectivity index is 1.73. The number of halogens is 1. The van der Waals surface area contributed by atoms with Crippen LogP contribution in [-0.4, -0.2) is 26.5 Å². The van der Waals surface area contributed by atoms with Crippen LogP contribution >= 0.6 is 22.6 Å². The average Bonchev–Trinajstić information content (AvgIpc) is 2.64. The van der Waals surface area contributed by atoms with Gasteiger partial charge < -0.3 is 10.4 Å². The second-order valence-corrected chi connectivity index (χ2v) is 10.8. The van der Waals surface area contributed by atoms with Crippen molar-refractivity contribution in [3.8, 4) is 0 Å². The molecule has 4 fully saturated rings. The second-order valence-electron chi connectivity index (χ2n) is 9.63. The van der Waals surface area contributed by atoms with Crippen LogP contribution in [-0.2, 0) is 6.54 Å². The minimum atomic E-state index is -0.871. The molecule has 0 spiro atoms. The molecule has 24 heavy (non-hydrogen) atoms. The maximum Gasteiger partial charge on any atom is 0.405 e. The molecule has 1 aromatic rings. The summed E-state index contributed by atoms with van der Waals surface area (Å²) in [6, 6.07) is 0. The standard InChI is InChI=1S/C18H26IN3O2/c1-12-13(19)4-20-22(12)11-17-6-15(2)5-16(3,7-17)9-18(8-15,10-17)21-14(23)24/h4,21H,5-11H2,1-3H3,(H,23,24). The van der Waals surface area contributed by atoms with E-state index in [0.717, 1.165) is 25.8 Å². The fourth-order valence-electron chi connectivity index (χ4n) is 7.37. The minimum Gasteiger partial charge on any atom is -0.465 e. The van der Waals surface area contributed by atoms with Gasteiger partial charge in [-0.2, -0.15) is 5.10 Å². The Bertz CT molecular complexity index is 695. The molecular weight excluding hydrogens is 417 g/mol. The van der Waals surface area contributed by atoms with Crippen LogP contribution in [0.1, 0.15) is 58.1 Å². The van der Waals surface area contributed by atoms with Gasteiger partial charge in [0, 0.05) is 17.8 Å². The smallest absolute Gasteiger partial charge is 0.405 e. The van der Waals surface area contributed by atoms with Crippen LogP contribution in [0.5, 0.6) is 0 Å². The largest absolute Gasteiger partial charge is 0.465 e. The number of aromatic nitrogens is 2. The number of hydrogen-bond donors (Lipinski definition) is 2. The molecule has 2 atom stereocenters. The number of rotatable bonds is 3. The summed E-state index contributed by atoms with van der Waals surface area (Å²) in [5.74, 6) is 0. The van der Waals surface area contributed by atoms with E-state index in [1.165, 1.54) is 28.5 Å². The summed E-state index contributed by atoms with van der Waals surface area (Å²) in [5.41, 5.74) is 1.60. The molecule has 2 unspecified atom stereocenters. The Labute approximate surface area is 156 Å². The lowest BCUT2D eigenvalue weighted by molar-refractivity contribution is -0.168. The fraction of sp³-hybridized carbons (Fsp3) is 0.778. The Morgan fingerprint density at radius 3 is 2.38 bits per heavy atom. The molecule has 1 amide bonds. The van der Waals surface area contributed by atoms with E-state index in [2.05, 4.69) is 58.5 Å². The predicted molar refractivity (Wildman–Crippen MR) is 99.9 cm³/mol. The fourth-order valence-corrected chi connectivity index (χ4v) is 7.77. The van der Waals surface area contributed by atoms with Crippen molar-refractivity contribution >= 4 is 28.7 Å². The van der Waals surface area contributed by atoms with Gasteiger partial charge in [-0.1, -0.05) is 13.8 Å². The zero-order chi connectivity index (χ0) is 17.4. The quantitative estimate of drug-likeness (QED) is 0.689. The van der Waals surface area contributed by atoms with E-state index in [4.69, 9.17) is 0 Å². The monoisotopic (exact) mass is 443 g/mol. The molecule has 4 aliphatic rings. The third-order valence-electron chi connectivity index (χ3n) is 6.60. The van der Waals surface area contributed by atoms with E-state index in [9.17, 15) is 9.90 Å². The van der Waals surface area contributed by atoms with Crippen molar-refractivity contribution in [2.75, 3.05) is 0 Å². The first-order chi connectivity index (χ1) is 11.1.